The van der Waals surface area contributed by atoms with Crippen molar-refractivity contribution in [1.82, 2.24) is 9.38 Å². The number of para-hydroxylation sites is 1. The van der Waals surface area contributed by atoms with Crippen LogP contribution in [0.3, 0.4) is 0 Å². The summed E-state index contributed by atoms with van der Waals surface area (Å²) in [5.74, 6) is 1.63. The summed E-state index contributed by atoms with van der Waals surface area (Å²) in [5.41, 5.74) is 8.39. The van der Waals surface area contributed by atoms with Crippen molar-refractivity contribution in [2.24, 2.45) is 0 Å². The lowest BCUT2D eigenvalue weighted by atomic mass is 9.88. The number of pyridine rings is 1. The van der Waals surface area contributed by atoms with Crippen LogP contribution < -0.4 is 0 Å². The van der Waals surface area contributed by atoms with Gasteiger partial charge in [0.2, 0.25) is 0 Å². The Balaban J connectivity index is 1.32. The predicted octanol–water partition coefficient (Wildman–Crippen LogP) is 14.7. The first-order chi connectivity index (χ1) is 26.8. The van der Waals surface area contributed by atoms with E-state index in [0.717, 1.165) is 83.2 Å². The fraction of sp³-hybridized carbons (Fsp3) is 0. The van der Waals surface area contributed by atoms with Crippen molar-refractivity contribution in [2.75, 3.05) is 0 Å². The van der Waals surface area contributed by atoms with E-state index in [2.05, 4.69) is 155 Å². The Hall–Kier alpha value is -6.60. The van der Waals surface area contributed by atoms with E-state index >= 15 is 0 Å². The Morgan fingerprint density at radius 1 is 0.574 bits per heavy atom. The molecule has 0 amide bonds. The molecule has 12 rings (SSSR count). The van der Waals surface area contributed by atoms with Gasteiger partial charge in [0.05, 0.1) is 28.0 Å². The Kier molecular flexibility index (Phi) is 6.34. The monoisotopic (exact) mass is 728 g/mol. The molecule has 12 aromatic rings. The van der Waals surface area contributed by atoms with E-state index in [-0.39, 0.29) is 0 Å². The molecular formula is C48H28N2O2S2. The molecule has 0 spiro atoms. The van der Waals surface area contributed by atoms with Crippen LogP contribution in [0.1, 0.15) is 0 Å². The zero-order valence-electron chi connectivity index (χ0n) is 28.7. The number of benzene rings is 5. The SMILES string of the molecule is c1ccc2oc(-c3c(-c4cc5ccccc5s4)cc4c(-c5ccn6ccccc56)[nH]c(-c5scc6ccccc56)c4c3-c3occ4ccccc34)cc2c1. The Morgan fingerprint density at radius 2 is 1.35 bits per heavy atom. The van der Waals surface area contributed by atoms with Gasteiger partial charge in [-0.25, -0.2) is 0 Å². The van der Waals surface area contributed by atoms with Gasteiger partial charge in [0.25, 0.3) is 0 Å². The van der Waals surface area contributed by atoms with Crippen molar-refractivity contribution in [3.05, 3.63) is 164 Å². The fourth-order valence-corrected chi connectivity index (χ4v) is 10.4. The van der Waals surface area contributed by atoms with Gasteiger partial charge in [-0.15, -0.1) is 22.7 Å². The third-order valence-electron chi connectivity index (χ3n) is 10.8. The van der Waals surface area contributed by atoms with Gasteiger partial charge < -0.3 is 18.2 Å². The fourth-order valence-electron chi connectivity index (χ4n) is 8.31. The number of H-pyrrole nitrogens is 1. The molecule has 6 heteroatoms. The summed E-state index contributed by atoms with van der Waals surface area (Å²) in [4.78, 5) is 6.42. The summed E-state index contributed by atoms with van der Waals surface area (Å²) in [6, 6.07) is 49.6. The standard InChI is InChI=1S/C48H28N2O2S2/c1-5-15-32-30(13-1)26-51-47(32)44-42(39-23-28-11-3-7-18-38(28)52-39)35(41-24-29-12-4-8-19-40(29)54-41)25-36-43(44)46(48-33-16-6-2-14-31(33)27-53-48)49-45(36)34-20-22-50-21-10-9-17-37(34)50/h1-27,49H. The molecule has 0 unspecified atom stereocenters. The van der Waals surface area contributed by atoms with Crippen molar-refractivity contribution in [2.45, 2.75) is 0 Å². The number of thiophene rings is 2. The lowest BCUT2D eigenvalue weighted by molar-refractivity contribution is 0.587. The lowest BCUT2D eigenvalue weighted by Gasteiger charge is -2.15. The molecule has 254 valence electrons. The molecule has 0 aliphatic carbocycles. The van der Waals surface area contributed by atoms with E-state index in [9.17, 15) is 0 Å². The minimum atomic E-state index is 0.806. The highest BCUT2D eigenvalue weighted by atomic mass is 32.1. The number of nitrogens with zero attached hydrogens (tertiary/aromatic N) is 1. The first kappa shape index (κ1) is 29.9. The Morgan fingerprint density at radius 3 is 2.24 bits per heavy atom. The molecule has 0 radical (unpaired) electrons. The van der Waals surface area contributed by atoms with Gasteiger partial charge in [-0.2, -0.15) is 0 Å². The normalized spacial score (nSPS) is 12.1. The van der Waals surface area contributed by atoms with Gasteiger partial charge in [0.15, 0.2) is 0 Å². The van der Waals surface area contributed by atoms with Gasteiger partial charge in [-0.05, 0) is 64.7 Å². The van der Waals surface area contributed by atoms with Crippen LogP contribution in [-0.2, 0) is 0 Å². The molecule has 1 N–H and O–H groups in total. The molecule has 0 atom stereocenters. The largest absolute Gasteiger partial charge is 0.463 e. The molecule has 0 aliphatic rings. The number of aromatic nitrogens is 2. The van der Waals surface area contributed by atoms with E-state index in [1.165, 1.54) is 30.6 Å². The van der Waals surface area contributed by atoms with Crippen LogP contribution in [0.25, 0.3) is 114 Å². The third kappa shape index (κ3) is 4.35. The second-order valence-corrected chi connectivity index (χ2v) is 15.8. The van der Waals surface area contributed by atoms with Crippen molar-refractivity contribution >= 4 is 81.6 Å². The van der Waals surface area contributed by atoms with Crippen molar-refractivity contribution in [1.29, 1.82) is 0 Å². The van der Waals surface area contributed by atoms with Crippen LogP contribution in [0.5, 0.6) is 0 Å². The highest BCUT2D eigenvalue weighted by Crippen LogP contribution is 2.54. The number of hydrogen-bond acceptors (Lipinski definition) is 4. The molecule has 7 heterocycles. The average Bonchev–Trinajstić information content (AvgIpc) is 4.07. The topological polar surface area (TPSA) is 46.5 Å². The Bertz CT molecular complexity index is 3350. The summed E-state index contributed by atoms with van der Waals surface area (Å²) in [5, 5.41) is 11.3. The number of nitrogens with one attached hydrogen (secondary N) is 1. The maximum Gasteiger partial charge on any atom is 0.143 e. The van der Waals surface area contributed by atoms with Gasteiger partial charge in [0.1, 0.15) is 17.1 Å². The zero-order valence-corrected chi connectivity index (χ0v) is 30.3. The van der Waals surface area contributed by atoms with E-state index in [1.807, 2.05) is 29.7 Å². The van der Waals surface area contributed by atoms with Crippen LogP contribution in [0, 0.1) is 0 Å². The number of hydrogen-bond donors (Lipinski definition) is 1. The molecule has 4 nitrogen and oxygen atoms in total. The summed E-state index contributed by atoms with van der Waals surface area (Å²) in [7, 11) is 0. The number of rotatable bonds is 5. The molecular weight excluding hydrogens is 701 g/mol. The van der Waals surface area contributed by atoms with Crippen molar-refractivity contribution in [3.8, 4) is 54.9 Å². The van der Waals surface area contributed by atoms with E-state index < -0.39 is 0 Å². The molecule has 7 aromatic heterocycles. The summed E-state index contributed by atoms with van der Waals surface area (Å²) < 4.78 is 17.1. The molecule has 0 aliphatic heterocycles. The predicted molar refractivity (Wildman–Crippen MR) is 227 cm³/mol. The van der Waals surface area contributed by atoms with Crippen LogP contribution in [0.2, 0.25) is 0 Å². The van der Waals surface area contributed by atoms with Crippen LogP contribution in [-0.4, -0.2) is 9.38 Å². The molecule has 0 saturated carbocycles. The highest BCUT2D eigenvalue weighted by molar-refractivity contribution is 7.22. The second-order valence-electron chi connectivity index (χ2n) is 13.8. The Labute approximate surface area is 316 Å². The van der Waals surface area contributed by atoms with Crippen molar-refractivity contribution in [3.63, 3.8) is 0 Å². The minimum Gasteiger partial charge on any atom is -0.463 e. The highest BCUT2D eigenvalue weighted by Gasteiger charge is 2.30. The molecule has 0 fully saturated rings. The van der Waals surface area contributed by atoms with Gasteiger partial charge in [-0.1, -0.05) is 91.0 Å². The number of furan rings is 2. The van der Waals surface area contributed by atoms with Gasteiger partial charge in [-0.3, -0.25) is 0 Å². The first-order valence-corrected chi connectivity index (χ1v) is 19.7. The molecule has 0 bridgehead atoms. The summed E-state index contributed by atoms with van der Waals surface area (Å²) in [6.45, 7) is 0. The minimum absolute atomic E-state index is 0.806. The van der Waals surface area contributed by atoms with Crippen molar-refractivity contribution < 1.29 is 8.83 Å². The van der Waals surface area contributed by atoms with E-state index in [1.54, 1.807) is 11.3 Å². The van der Waals surface area contributed by atoms with E-state index in [4.69, 9.17) is 8.83 Å². The average molecular weight is 729 g/mol. The third-order valence-corrected chi connectivity index (χ3v) is 13.0. The maximum atomic E-state index is 6.88. The van der Waals surface area contributed by atoms with Crippen LogP contribution >= 0.6 is 22.7 Å². The smallest absolute Gasteiger partial charge is 0.143 e. The lowest BCUT2D eigenvalue weighted by Crippen LogP contribution is -1.91. The zero-order chi connectivity index (χ0) is 35.3. The summed E-state index contributed by atoms with van der Waals surface area (Å²) in [6.07, 6.45) is 6.15. The molecule has 0 saturated heterocycles. The first-order valence-electron chi connectivity index (χ1n) is 18.0. The van der Waals surface area contributed by atoms with E-state index in [0.29, 0.717) is 0 Å². The number of aromatic amines is 1. The second kappa shape index (κ2) is 11.4. The maximum absolute atomic E-state index is 6.88. The van der Waals surface area contributed by atoms with Gasteiger partial charge in [0, 0.05) is 76.5 Å². The molecule has 54 heavy (non-hydrogen) atoms. The quantitative estimate of drug-likeness (QED) is 0.192. The van der Waals surface area contributed by atoms with Gasteiger partial charge >= 0.3 is 0 Å². The van der Waals surface area contributed by atoms with Crippen LogP contribution in [0.4, 0.5) is 0 Å². The number of fused-ring (bicyclic) bond motifs is 6. The molecule has 5 aromatic carbocycles. The summed E-state index contributed by atoms with van der Waals surface area (Å²) >= 11 is 3.59. The van der Waals surface area contributed by atoms with Crippen LogP contribution in [0.15, 0.2) is 172 Å².